The molecule has 0 N–H and O–H groups in total. The number of likely N-dealkylation sites (N-methyl/N-ethyl adjacent to an activating group) is 2. The number of rotatable bonds is 2. The summed E-state index contributed by atoms with van der Waals surface area (Å²) in [4.78, 5) is 9.65. The second-order valence-electron chi connectivity index (χ2n) is 7.73. The Kier molecular flexibility index (Phi) is 10.0. The molecule has 0 aromatic heterocycles. The van der Waals surface area contributed by atoms with Crippen molar-refractivity contribution in [1.82, 2.24) is 9.80 Å². The Balaban J connectivity index is 0.000000171. The molecule has 2 aromatic rings. The average molecular weight is 762 g/mol. The number of nitrogens with zero attached hydrogens (tertiary/aromatic N) is 4. The molecular weight excluding hydrogens is 734 g/mol. The third kappa shape index (κ3) is 6.69. The van der Waals surface area contributed by atoms with E-state index >= 15 is 0 Å². The quantitative estimate of drug-likeness (QED) is 0.370. The molecule has 2 aromatic carbocycles. The third-order valence-corrected chi connectivity index (χ3v) is 10.5. The Bertz CT molecular complexity index is 766. The zero-order valence-electron chi connectivity index (χ0n) is 17.4. The lowest BCUT2D eigenvalue weighted by Gasteiger charge is -2.34. The van der Waals surface area contributed by atoms with E-state index in [1.54, 1.807) is 0 Å². The Labute approximate surface area is 224 Å². The van der Waals surface area contributed by atoms with Crippen LogP contribution in [0.15, 0.2) is 45.3 Å². The van der Waals surface area contributed by atoms with Crippen LogP contribution in [0.4, 0.5) is 11.4 Å². The molecule has 2 heterocycles. The van der Waals surface area contributed by atoms with Gasteiger partial charge in [0.25, 0.3) is 0 Å². The second kappa shape index (κ2) is 12.0. The first kappa shape index (κ1) is 25.0. The molecule has 0 amide bonds. The van der Waals surface area contributed by atoms with Crippen molar-refractivity contribution < 1.29 is 0 Å². The van der Waals surface area contributed by atoms with Crippen LogP contribution < -0.4 is 9.80 Å². The zero-order valence-corrected chi connectivity index (χ0v) is 24.9. The molecule has 4 nitrogen and oxygen atoms in total. The van der Waals surface area contributed by atoms with Gasteiger partial charge in [0.1, 0.15) is 0 Å². The summed E-state index contributed by atoms with van der Waals surface area (Å²) in [7, 11) is 4.36. The Morgan fingerprint density at radius 3 is 1.27 bits per heavy atom. The van der Waals surface area contributed by atoms with Gasteiger partial charge in [0.15, 0.2) is 0 Å². The first-order valence-electron chi connectivity index (χ1n) is 10.1. The molecule has 0 aliphatic carbocycles. The van der Waals surface area contributed by atoms with Crippen LogP contribution in [0.25, 0.3) is 0 Å². The predicted octanol–water partition coefficient (Wildman–Crippen LogP) is 5.61. The molecule has 2 aliphatic rings. The third-order valence-electron chi connectivity index (χ3n) is 5.55. The maximum atomic E-state index is 3.67. The minimum absolute atomic E-state index is 1.12. The van der Waals surface area contributed by atoms with Crippen molar-refractivity contribution in [2.45, 2.75) is 0 Å². The highest BCUT2D eigenvalue weighted by atomic mass is 127. The van der Waals surface area contributed by atoms with Crippen LogP contribution in [0.3, 0.4) is 0 Å². The Hall–Kier alpha value is 0.380. The number of hydrogen-bond acceptors (Lipinski definition) is 4. The molecule has 0 unspecified atom stereocenters. The van der Waals surface area contributed by atoms with Gasteiger partial charge in [-0.15, -0.1) is 0 Å². The summed E-state index contributed by atoms with van der Waals surface area (Å²) in [5.74, 6) is 0. The van der Waals surface area contributed by atoms with Gasteiger partial charge < -0.3 is 19.6 Å². The standard InChI is InChI=1S/2C11H14BrIN2/c2*1-14-5-7-15(8-6-14)10-4-2-3-9(13)11(10)12/h2*2-4H,5-8H2,1H3. The summed E-state index contributed by atoms with van der Waals surface area (Å²) < 4.78 is 5.03. The van der Waals surface area contributed by atoms with Gasteiger partial charge in [0.2, 0.25) is 0 Å². The number of benzene rings is 2. The SMILES string of the molecule is CN1CCN(c2cccc(I)c2Br)CC1.CN1CCN(c2cccc(I)c2Br)CC1. The van der Waals surface area contributed by atoms with Gasteiger partial charge in [0.05, 0.1) is 20.3 Å². The van der Waals surface area contributed by atoms with Crippen molar-refractivity contribution in [3.8, 4) is 0 Å². The van der Waals surface area contributed by atoms with Gasteiger partial charge in [-0.25, -0.2) is 0 Å². The van der Waals surface area contributed by atoms with Crippen molar-refractivity contribution in [2.24, 2.45) is 0 Å². The lowest BCUT2D eigenvalue weighted by atomic mass is 10.2. The largest absolute Gasteiger partial charge is 0.368 e. The molecular formula is C22H28Br2I2N4. The number of hydrogen-bond donors (Lipinski definition) is 0. The van der Waals surface area contributed by atoms with E-state index in [-0.39, 0.29) is 0 Å². The normalized spacial score (nSPS) is 18.2. The van der Waals surface area contributed by atoms with Gasteiger partial charge in [-0.05, 0) is 115 Å². The van der Waals surface area contributed by atoms with Gasteiger partial charge in [-0.1, -0.05) is 12.1 Å². The first-order valence-corrected chi connectivity index (χ1v) is 13.9. The molecule has 0 saturated carbocycles. The van der Waals surface area contributed by atoms with E-state index in [0.717, 1.165) is 52.4 Å². The summed E-state index contributed by atoms with van der Waals surface area (Å²) >= 11 is 12.1. The van der Waals surface area contributed by atoms with Crippen LogP contribution in [0.5, 0.6) is 0 Å². The first-order chi connectivity index (χ1) is 14.4. The maximum absolute atomic E-state index is 3.67. The maximum Gasteiger partial charge on any atom is 0.0542 e. The summed E-state index contributed by atoms with van der Waals surface area (Å²) in [5.41, 5.74) is 2.66. The topological polar surface area (TPSA) is 13.0 Å². The number of halogens is 4. The zero-order chi connectivity index (χ0) is 21.7. The van der Waals surface area contributed by atoms with Crippen LogP contribution in [-0.2, 0) is 0 Å². The molecule has 2 saturated heterocycles. The number of piperazine rings is 2. The molecule has 164 valence electrons. The van der Waals surface area contributed by atoms with Crippen molar-refractivity contribution >= 4 is 88.4 Å². The Morgan fingerprint density at radius 2 is 0.933 bits per heavy atom. The fraction of sp³-hybridized carbons (Fsp3) is 0.455. The van der Waals surface area contributed by atoms with E-state index in [9.17, 15) is 0 Å². The molecule has 8 heteroatoms. The molecule has 2 aliphatic heterocycles. The van der Waals surface area contributed by atoms with Gasteiger partial charge >= 0.3 is 0 Å². The molecule has 2 fully saturated rings. The summed E-state index contributed by atoms with van der Waals surface area (Å²) in [5, 5.41) is 0. The molecule has 4 rings (SSSR count). The van der Waals surface area contributed by atoms with Crippen LogP contribution in [0.1, 0.15) is 0 Å². The van der Waals surface area contributed by atoms with Gasteiger partial charge in [-0.3, -0.25) is 0 Å². The molecule has 30 heavy (non-hydrogen) atoms. The minimum Gasteiger partial charge on any atom is -0.368 e. The van der Waals surface area contributed by atoms with E-state index in [2.05, 4.69) is 147 Å². The van der Waals surface area contributed by atoms with Crippen LogP contribution in [-0.4, -0.2) is 76.3 Å². The van der Waals surface area contributed by atoms with Crippen LogP contribution in [0.2, 0.25) is 0 Å². The predicted molar refractivity (Wildman–Crippen MR) is 153 cm³/mol. The summed E-state index contributed by atoms with van der Waals surface area (Å²) in [6, 6.07) is 12.9. The molecule has 0 spiro atoms. The molecule has 0 radical (unpaired) electrons. The fourth-order valence-corrected chi connectivity index (χ4v) is 5.57. The van der Waals surface area contributed by atoms with Gasteiger partial charge in [-0.2, -0.15) is 0 Å². The van der Waals surface area contributed by atoms with Crippen molar-refractivity contribution in [3.05, 3.63) is 52.5 Å². The van der Waals surface area contributed by atoms with Crippen LogP contribution in [0, 0.1) is 7.14 Å². The highest BCUT2D eigenvalue weighted by Gasteiger charge is 2.18. The van der Waals surface area contributed by atoms with Gasteiger partial charge in [0, 0.05) is 59.5 Å². The highest BCUT2D eigenvalue weighted by molar-refractivity contribution is 14.1. The van der Waals surface area contributed by atoms with E-state index in [0.29, 0.717) is 0 Å². The fourth-order valence-electron chi connectivity index (χ4n) is 3.57. The monoisotopic (exact) mass is 760 g/mol. The summed E-state index contributed by atoms with van der Waals surface area (Å²) in [6.07, 6.45) is 0. The van der Waals surface area contributed by atoms with Crippen LogP contribution >= 0.6 is 77.0 Å². The number of anilines is 2. The smallest absolute Gasteiger partial charge is 0.0542 e. The lowest BCUT2D eigenvalue weighted by molar-refractivity contribution is 0.312. The second-order valence-corrected chi connectivity index (χ2v) is 11.6. The highest BCUT2D eigenvalue weighted by Crippen LogP contribution is 2.32. The van der Waals surface area contributed by atoms with E-state index < -0.39 is 0 Å². The lowest BCUT2D eigenvalue weighted by Crippen LogP contribution is -2.44. The average Bonchev–Trinajstić information content (AvgIpc) is 2.74. The van der Waals surface area contributed by atoms with E-state index in [1.165, 1.54) is 27.5 Å². The summed E-state index contributed by atoms with van der Waals surface area (Å²) in [6.45, 7) is 9.08. The van der Waals surface area contributed by atoms with Crippen molar-refractivity contribution in [1.29, 1.82) is 0 Å². The van der Waals surface area contributed by atoms with Crippen molar-refractivity contribution in [3.63, 3.8) is 0 Å². The van der Waals surface area contributed by atoms with Crippen molar-refractivity contribution in [2.75, 3.05) is 76.3 Å². The molecule has 0 atom stereocenters. The Morgan fingerprint density at radius 1 is 0.600 bits per heavy atom. The molecule has 0 bridgehead atoms. The minimum atomic E-state index is 1.12. The van der Waals surface area contributed by atoms with E-state index in [1.807, 2.05) is 0 Å². The van der Waals surface area contributed by atoms with E-state index in [4.69, 9.17) is 0 Å².